The summed E-state index contributed by atoms with van der Waals surface area (Å²) in [7, 11) is 0. The third-order valence-electron chi connectivity index (χ3n) is 12.8. The zero-order chi connectivity index (χ0) is 43.9. The molecule has 1 aliphatic rings. The molecule has 11 rings (SSSR count). The number of aromatic nitrogens is 1. The van der Waals surface area contributed by atoms with Crippen molar-refractivity contribution < 1.29 is 22.0 Å². The smallest absolute Gasteiger partial charge is 0.200 e. The van der Waals surface area contributed by atoms with E-state index in [2.05, 4.69) is 140 Å². The SMILES string of the molecule is CC1(C)c2ccccc2-c2ccc(-c3ccc(N(c4ccc(-c5ccc6c(c5)c5ccccc5n6-c5ccccc5)cc4)c4ccc(-c5c(F)c(F)c(F)c(F)c5F)cc4)cc3)cc21. The van der Waals surface area contributed by atoms with Gasteiger partial charge >= 0.3 is 0 Å². The first kappa shape index (κ1) is 39.1. The summed E-state index contributed by atoms with van der Waals surface area (Å²) in [4.78, 5) is 2.00. The first-order chi connectivity index (χ1) is 31.1. The van der Waals surface area contributed by atoms with E-state index in [-0.39, 0.29) is 11.0 Å². The van der Waals surface area contributed by atoms with E-state index in [0.717, 1.165) is 61.1 Å². The van der Waals surface area contributed by atoms with Gasteiger partial charge in [-0.15, -0.1) is 0 Å². The highest BCUT2D eigenvalue weighted by atomic mass is 19.2. The standard InChI is InChI=1S/C57H37F5N2/c1-57(2)47-14-8-6-12-43(47)44-30-22-38(33-48(44)57)35-18-26-41(27-19-35)63(42-28-20-36(21-29-42)51-52(58)54(60)56(62)55(61)53(51)59)40-24-16-34(17-25-40)37-23-31-50-46(32-37)45-13-7-9-15-49(45)64(50)39-10-4-3-5-11-39/h3-33H,1-2H3. The average molecular weight is 845 g/mol. The lowest BCUT2D eigenvalue weighted by Crippen LogP contribution is -2.14. The Labute approximate surface area is 366 Å². The molecule has 2 nitrogen and oxygen atoms in total. The van der Waals surface area contributed by atoms with Crippen LogP contribution in [0.3, 0.4) is 0 Å². The highest BCUT2D eigenvalue weighted by Crippen LogP contribution is 2.50. The number of hydrogen-bond acceptors (Lipinski definition) is 1. The number of fused-ring (bicyclic) bond motifs is 6. The second kappa shape index (κ2) is 15.0. The van der Waals surface area contributed by atoms with Crippen LogP contribution in [0.15, 0.2) is 188 Å². The number of anilines is 3. The van der Waals surface area contributed by atoms with E-state index in [1.165, 1.54) is 34.4 Å². The van der Waals surface area contributed by atoms with Crippen LogP contribution in [0.5, 0.6) is 0 Å². The van der Waals surface area contributed by atoms with Crippen LogP contribution in [-0.4, -0.2) is 4.57 Å². The van der Waals surface area contributed by atoms with Crippen LogP contribution < -0.4 is 4.90 Å². The minimum absolute atomic E-state index is 0.145. The molecule has 1 heterocycles. The van der Waals surface area contributed by atoms with Crippen molar-refractivity contribution in [1.82, 2.24) is 4.57 Å². The van der Waals surface area contributed by atoms with Crippen LogP contribution in [0.4, 0.5) is 39.0 Å². The molecule has 0 unspecified atom stereocenters. The van der Waals surface area contributed by atoms with E-state index in [9.17, 15) is 22.0 Å². The maximum Gasteiger partial charge on any atom is 0.200 e. The van der Waals surface area contributed by atoms with Gasteiger partial charge in [-0.05, 0) is 123 Å². The number of benzene rings is 9. The average Bonchev–Trinajstić information content (AvgIpc) is 3.79. The molecule has 0 radical (unpaired) electrons. The minimum atomic E-state index is -2.19. The Kier molecular flexibility index (Phi) is 9.13. The molecule has 0 spiro atoms. The molecule has 0 N–H and O–H groups in total. The lowest BCUT2D eigenvalue weighted by Gasteiger charge is -2.26. The highest BCUT2D eigenvalue weighted by molar-refractivity contribution is 6.10. The zero-order valence-electron chi connectivity index (χ0n) is 34.7. The Bertz CT molecular complexity index is 3420. The summed E-state index contributed by atoms with van der Waals surface area (Å²) in [5.41, 5.74) is 13.5. The Morgan fingerprint density at radius 1 is 0.375 bits per heavy atom. The summed E-state index contributed by atoms with van der Waals surface area (Å²) in [5, 5.41) is 2.28. The first-order valence-corrected chi connectivity index (χ1v) is 21.0. The molecule has 7 heteroatoms. The molecule has 0 fully saturated rings. The molecule has 0 aliphatic heterocycles. The number of nitrogens with zero attached hydrogens (tertiary/aromatic N) is 2. The number of halogens is 5. The van der Waals surface area contributed by atoms with Crippen LogP contribution in [0.2, 0.25) is 0 Å². The summed E-state index contributed by atoms with van der Waals surface area (Å²) in [6.07, 6.45) is 0. The van der Waals surface area contributed by atoms with Gasteiger partial charge in [0, 0.05) is 38.9 Å². The first-order valence-electron chi connectivity index (χ1n) is 21.0. The topological polar surface area (TPSA) is 8.17 Å². The molecule has 0 bridgehead atoms. The third kappa shape index (κ3) is 6.14. The molecule has 0 atom stereocenters. The third-order valence-corrected chi connectivity index (χ3v) is 12.8. The number of para-hydroxylation sites is 2. The lowest BCUT2D eigenvalue weighted by atomic mass is 9.81. The summed E-state index contributed by atoms with van der Waals surface area (Å²) in [5.74, 6) is -9.93. The van der Waals surface area contributed by atoms with Gasteiger partial charge in [0.05, 0.1) is 16.6 Å². The normalized spacial score (nSPS) is 12.7. The van der Waals surface area contributed by atoms with Crippen molar-refractivity contribution in [3.05, 3.63) is 228 Å². The maximum atomic E-state index is 14.9. The predicted octanol–water partition coefficient (Wildman–Crippen LogP) is 16.3. The van der Waals surface area contributed by atoms with Crippen LogP contribution in [-0.2, 0) is 5.41 Å². The van der Waals surface area contributed by atoms with Gasteiger partial charge in [-0.1, -0.05) is 129 Å². The molecule has 10 aromatic rings. The largest absolute Gasteiger partial charge is 0.311 e. The quantitative estimate of drug-likeness (QED) is 0.0881. The van der Waals surface area contributed by atoms with Crippen LogP contribution >= 0.6 is 0 Å². The highest BCUT2D eigenvalue weighted by Gasteiger charge is 2.35. The molecule has 64 heavy (non-hydrogen) atoms. The monoisotopic (exact) mass is 844 g/mol. The molecule has 0 saturated heterocycles. The van der Waals surface area contributed by atoms with Gasteiger partial charge in [0.2, 0.25) is 5.82 Å². The zero-order valence-corrected chi connectivity index (χ0v) is 34.7. The van der Waals surface area contributed by atoms with Crippen molar-refractivity contribution >= 4 is 38.9 Å². The van der Waals surface area contributed by atoms with E-state index in [0.29, 0.717) is 5.69 Å². The molecule has 9 aromatic carbocycles. The molecule has 0 amide bonds. The van der Waals surface area contributed by atoms with Crippen molar-refractivity contribution in [1.29, 1.82) is 0 Å². The van der Waals surface area contributed by atoms with Crippen molar-refractivity contribution in [3.63, 3.8) is 0 Å². The summed E-state index contributed by atoms with van der Waals surface area (Å²) in [6.45, 7) is 4.52. The van der Waals surface area contributed by atoms with E-state index in [1.54, 1.807) is 12.1 Å². The van der Waals surface area contributed by atoms with E-state index < -0.39 is 34.6 Å². The summed E-state index contributed by atoms with van der Waals surface area (Å²) >= 11 is 0. The van der Waals surface area contributed by atoms with E-state index in [1.807, 2.05) is 47.4 Å². The molecule has 0 saturated carbocycles. The van der Waals surface area contributed by atoms with Gasteiger partial charge in [0.25, 0.3) is 0 Å². The maximum absolute atomic E-state index is 14.9. The Morgan fingerprint density at radius 2 is 0.844 bits per heavy atom. The van der Waals surface area contributed by atoms with Crippen molar-refractivity contribution in [3.8, 4) is 50.2 Å². The summed E-state index contributed by atoms with van der Waals surface area (Å²) in [6, 6.07) is 62.7. The van der Waals surface area contributed by atoms with E-state index >= 15 is 0 Å². The van der Waals surface area contributed by atoms with Gasteiger partial charge in [-0.25, -0.2) is 22.0 Å². The second-order valence-corrected chi connectivity index (χ2v) is 16.8. The Hall–Kier alpha value is -7.77. The van der Waals surface area contributed by atoms with Gasteiger partial charge in [0.15, 0.2) is 23.3 Å². The predicted molar refractivity (Wildman–Crippen MR) is 249 cm³/mol. The van der Waals surface area contributed by atoms with Crippen molar-refractivity contribution in [2.75, 3.05) is 4.90 Å². The lowest BCUT2D eigenvalue weighted by molar-refractivity contribution is 0.381. The molecular formula is C57H37F5N2. The van der Waals surface area contributed by atoms with Gasteiger partial charge in [0.1, 0.15) is 0 Å². The fourth-order valence-corrected chi connectivity index (χ4v) is 9.58. The van der Waals surface area contributed by atoms with Crippen LogP contribution in [0.1, 0.15) is 25.0 Å². The Balaban J connectivity index is 0.979. The Morgan fingerprint density at radius 3 is 1.48 bits per heavy atom. The van der Waals surface area contributed by atoms with Gasteiger partial charge < -0.3 is 9.47 Å². The molecule has 1 aromatic heterocycles. The molecule has 1 aliphatic carbocycles. The number of rotatable bonds is 7. The van der Waals surface area contributed by atoms with Crippen molar-refractivity contribution in [2.45, 2.75) is 19.3 Å². The second-order valence-electron chi connectivity index (χ2n) is 16.8. The fourth-order valence-electron chi connectivity index (χ4n) is 9.58. The van der Waals surface area contributed by atoms with Crippen LogP contribution in [0.25, 0.3) is 72.0 Å². The van der Waals surface area contributed by atoms with Gasteiger partial charge in [-0.2, -0.15) is 0 Å². The minimum Gasteiger partial charge on any atom is -0.311 e. The number of hydrogen-bond donors (Lipinski definition) is 0. The fraction of sp³-hybridized carbons (Fsp3) is 0.0526. The van der Waals surface area contributed by atoms with E-state index in [4.69, 9.17) is 0 Å². The van der Waals surface area contributed by atoms with Crippen LogP contribution in [0, 0.1) is 29.1 Å². The van der Waals surface area contributed by atoms with Crippen molar-refractivity contribution in [2.24, 2.45) is 0 Å². The van der Waals surface area contributed by atoms with Gasteiger partial charge in [-0.3, -0.25) is 0 Å². The molecule has 310 valence electrons. The summed E-state index contributed by atoms with van der Waals surface area (Å²) < 4.78 is 74.6. The molecular weight excluding hydrogens is 808 g/mol.